The minimum absolute atomic E-state index is 0.00694. The average molecular weight is 329 g/mol. The number of aryl methyl sites for hydroxylation is 2. The van der Waals surface area contributed by atoms with E-state index >= 15 is 0 Å². The van der Waals surface area contributed by atoms with E-state index in [9.17, 15) is 4.79 Å². The van der Waals surface area contributed by atoms with Crippen LogP contribution in [0.3, 0.4) is 0 Å². The van der Waals surface area contributed by atoms with E-state index in [-0.39, 0.29) is 13.2 Å². The van der Waals surface area contributed by atoms with E-state index < -0.39 is 5.97 Å². The van der Waals surface area contributed by atoms with E-state index in [1.165, 1.54) is 0 Å². The maximum Gasteiger partial charge on any atom is 0.340 e. The van der Waals surface area contributed by atoms with Crippen molar-refractivity contribution in [2.45, 2.75) is 13.8 Å². The lowest BCUT2D eigenvalue weighted by molar-refractivity contribution is 0.0451. The Morgan fingerprint density at radius 2 is 1.75 bits per heavy atom. The summed E-state index contributed by atoms with van der Waals surface area (Å²) >= 11 is 0. The number of hydrogen-bond acceptors (Lipinski definition) is 5. The maximum atomic E-state index is 12.2. The number of aliphatic hydroxyl groups excluding tert-OH is 1. The zero-order valence-corrected chi connectivity index (χ0v) is 14.0. The molecule has 0 aromatic heterocycles. The van der Waals surface area contributed by atoms with Gasteiger partial charge in [-0.15, -0.1) is 0 Å². The fourth-order valence-electron chi connectivity index (χ4n) is 2.39. The number of nitrogens with one attached hydrogen (secondary N) is 1. The highest BCUT2D eigenvalue weighted by molar-refractivity contribution is 5.95. The molecule has 0 radical (unpaired) electrons. The van der Waals surface area contributed by atoms with E-state index in [1.54, 1.807) is 18.2 Å². The molecule has 0 atom stereocenters. The highest BCUT2D eigenvalue weighted by Gasteiger charge is 2.12. The van der Waals surface area contributed by atoms with Crippen molar-refractivity contribution in [2.24, 2.45) is 0 Å². The number of benzene rings is 2. The summed E-state index contributed by atoms with van der Waals surface area (Å²) in [5.41, 5.74) is 3.20. The van der Waals surface area contributed by atoms with E-state index in [2.05, 4.69) is 5.32 Å². The smallest absolute Gasteiger partial charge is 0.340 e. The molecule has 0 unspecified atom stereocenters. The molecule has 2 rings (SSSR count). The number of hydrogen-bond donors (Lipinski definition) is 2. The second-order valence-electron chi connectivity index (χ2n) is 5.40. The van der Waals surface area contributed by atoms with Crippen molar-refractivity contribution in [3.8, 4) is 5.75 Å². The van der Waals surface area contributed by atoms with Crippen LogP contribution in [-0.2, 0) is 4.74 Å². The van der Waals surface area contributed by atoms with Crippen LogP contribution >= 0.6 is 0 Å². The van der Waals surface area contributed by atoms with Gasteiger partial charge in [-0.1, -0.05) is 30.3 Å². The molecule has 2 N–H and O–H groups in total. The fraction of sp³-hybridized carbons (Fsp3) is 0.316. The zero-order valence-electron chi connectivity index (χ0n) is 14.0. The zero-order chi connectivity index (χ0) is 17.4. The van der Waals surface area contributed by atoms with Gasteiger partial charge in [0.1, 0.15) is 19.0 Å². The quantitative estimate of drug-likeness (QED) is 0.576. The van der Waals surface area contributed by atoms with Crippen molar-refractivity contribution in [3.63, 3.8) is 0 Å². The lowest BCUT2D eigenvalue weighted by atomic mass is 10.1. The van der Waals surface area contributed by atoms with Crippen molar-refractivity contribution < 1.29 is 19.4 Å². The van der Waals surface area contributed by atoms with Crippen molar-refractivity contribution in [2.75, 3.05) is 31.7 Å². The molecule has 0 saturated heterocycles. The summed E-state index contributed by atoms with van der Waals surface area (Å²) in [5.74, 6) is 0.416. The van der Waals surface area contributed by atoms with Crippen LogP contribution in [0, 0.1) is 13.8 Å². The van der Waals surface area contributed by atoms with Crippen LogP contribution in [0.2, 0.25) is 0 Å². The van der Waals surface area contributed by atoms with Gasteiger partial charge in [0.05, 0.1) is 12.2 Å². The van der Waals surface area contributed by atoms with Crippen LogP contribution in [0.25, 0.3) is 0 Å². The third-order valence-corrected chi connectivity index (χ3v) is 3.55. The van der Waals surface area contributed by atoms with Crippen LogP contribution in [-0.4, -0.2) is 37.4 Å². The molecule has 5 nitrogen and oxygen atoms in total. The first-order chi connectivity index (χ1) is 11.6. The molecule has 0 saturated carbocycles. The van der Waals surface area contributed by atoms with Crippen LogP contribution in [0.4, 0.5) is 5.69 Å². The van der Waals surface area contributed by atoms with Crippen LogP contribution in [0.1, 0.15) is 21.5 Å². The molecule has 0 fully saturated rings. The van der Waals surface area contributed by atoms with Crippen LogP contribution in [0.5, 0.6) is 5.75 Å². The van der Waals surface area contributed by atoms with Gasteiger partial charge in [0.25, 0.3) is 0 Å². The monoisotopic (exact) mass is 329 g/mol. The van der Waals surface area contributed by atoms with E-state index in [4.69, 9.17) is 14.6 Å². The normalized spacial score (nSPS) is 10.3. The van der Waals surface area contributed by atoms with Gasteiger partial charge >= 0.3 is 5.97 Å². The maximum absolute atomic E-state index is 12.2. The third kappa shape index (κ3) is 4.73. The number of rotatable bonds is 8. The van der Waals surface area contributed by atoms with Gasteiger partial charge in [-0.25, -0.2) is 4.79 Å². The Morgan fingerprint density at radius 3 is 2.46 bits per heavy atom. The highest BCUT2D eigenvalue weighted by Crippen LogP contribution is 2.22. The molecule has 128 valence electrons. The first kappa shape index (κ1) is 17.8. The van der Waals surface area contributed by atoms with Gasteiger partial charge in [-0.05, 0) is 37.1 Å². The Labute approximate surface area is 142 Å². The fourth-order valence-corrected chi connectivity index (χ4v) is 2.39. The second kappa shape index (κ2) is 8.93. The van der Waals surface area contributed by atoms with Gasteiger partial charge in [0.2, 0.25) is 0 Å². The molecular formula is C19H23NO4. The summed E-state index contributed by atoms with van der Waals surface area (Å²) in [6.45, 7) is 4.80. The molecule has 5 heteroatoms. The summed E-state index contributed by atoms with van der Waals surface area (Å²) in [5, 5.41) is 11.9. The molecule has 0 aliphatic heterocycles. The van der Waals surface area contributed by atoms with Crippen molar-refractivity contribution >= 4 is 11.7 Å². The Hall–Kier alpha value is -2.53. The highest BCUT2D eigenvalue weighted by atomic mass is 16.6. The van der Waals surface area contributed by atoms with E-state index in [1.807, 2.05) is 38.1 Å². The molecule has 2 aromatic carbocycles. The molecule has 24 heavy (non-hydrogen) atoms. The van der Waals surface area contributed by atoms with Crippen LogP contribution < -0.4 is 10.1 Å². The molecule has 0 aliphatic carbocycles. The number of carbonyl (C=O) groups is 1. The lowest BCUT2D eigenvalue weighted by Gasteiger charge is -2.13. The number of anilines is 1. The van der Waals surface area contributed by atoms with Crippen LogP contribution in [0.15, 0.2) is 42.5 Å². The topological polar surface area (TPSA) is 67.8 Å². The summed E-state index contributed by atoms with van der Waals surface area (Å²) in [7, 11) is 0. The average Bonchev–Trinajstić information content (AvgIpc) is 2.59. The predicted octanol–water partition coefficient (Wildman–Crippen LogP) is 2.94. The van der Waals surface area contributed by atoms with E-state index in [0.717, 1.165) is 16.9 Å². The SMILES string of the molecule is Cc1cccc(C)c1OCCOC(=O)c1ccccc1NCCO. The number of esters is 1. The molecule has 0 spiro atoms. The Kier molecular flexibility index (Phi) is 6.63. The lowest BCUT2D eigenvalue weighted by Crippen LogP contribution is -2.15. The summed E-state index contributed by atoms with van der Waals surface area (Å²) < 4.78 is 11.0. The largest absolute Gasteiger partial charge is 0.489 e. The van der Waals surface area contributed by atoms with Gasteiger partial charge in [-0.3, -0.25) is 0 Å². The second-order valence-corrected chi connectivity index (χ2v) is 5.40. The van der Waals surface area contributed by atoms with Crippen molar-refractivity contribution in [3.05, 3.63) is 59.2 Å². The van der Waals surface area contributed by atoms with Gasteiger partial charge in [-0.2, -0.15) is 0 Å². The summed E-state index contributed by atoms with van der Waals surface area (Å²) in [6, 6.07) is 13.0. The molecule has 0 amide bonds. The first-order valence-electron chi connectivity index (χ1n) is 7.93. The summed E-state index contributed by atoms with van der Waals surface area (Å²) in [4.78, 5) is 12.2. The Balaban J connectivity index is 1.88. The number of ether oxygens (including phenoxy) is 2. The predicted molar refractivity (Wildman–Crippen MR) is 93.7 cm³/mol. The Morgan fingerprint density at radius 1 is 1.04 bits per heavy atom. The molecule has 0 heterocycles. The Bertz CT molecular complexity index is 665. The number of carbonyl (C=O) groups excluding carboxylic acids is 1. The summed E-state index contributed by atoms with van der Waals surface area (Å²) in [6.07, 6.45) is 0. The number of aliphatic hydroxyl groups is 1. The molecular weight excluding hydrogens is 306 g/mol. The van der Waals surface area contributed by atoms with E-state index in [0.29, 0.717) is 24.4 Å². The number of para-hydroxylation sites is 2. The molecule has 0 bridgehead atoms. The minimum Gasteiger partial charge on any atom is -0.489 e. The third-order valence-electron chi connectivity index (χ3n) is 3.55. The first-order valence-corrected chi connectivity index (χ1v) is 7.93. The standard InChI is InChI=1S/C19H23NO4/c1-14-6-5-7-15(2)18(14)23-12-13-24-19(22)16-8-3-4-9-17(16)20-10-11-21/h3-9,20-21H,10-13H2,1-2H3. The molecule has 2 aromatic rings. The minimum atomic E-state index is -0.416. The van der Waals surface area contributed by atoms with Gasteiger partial charge in [0.15, 0.2) is 0 Å². The molecule has 0 aliphatic rings. The van der Waals surface area contributed by atoms with Gasteiger partial charge < -0.3 is 19.9 Å². The van der Waals surface area contributed by atoms with Gasteiger partial charge in [0, 0.05) is 12.2 Å². The van der Waals surface area contributed by atoms with Crippen molar-refractivity contribution in [1.82, 2.24) is 0 Å². The van der Waals surface area contributed by atoms with Crippen molar-refractivity contribution in [1.29, 1.82) is 0 Å².